The number of carbonyl (C=O) groups is 1. The van der Waals surface area contributed by atoms with Gasteiger partial charge in [-0.25, -0.2) is 0 Å². The maximum absolute atomic E-state index is 10.4. The third-order valence-electron chi connectivity index (χ3n) is 1.55. The molecule has 0 radical (unpaired) electrons. The van der Waals surface area contributed by atoms with Crippen LogP contribution in [0.3, 0.4) is 0 Å². The van der Waals surface area contributed by atoms with E-state index in [0.29, 0.717) is 0 Å². The van der Waals surface area contributed by atoms with Gasteiger partial charge in [0.2, 0.25) is 0 Å². The molecule has 0 fully saturated rings. The van der Waals surface area contributed by atoms with Gasteiger partial charge in [-0.15, -0.1) is 0 Å². The van der Waals surface area contributed by atoms with Crippen molar-refractivity contribution in [2.24, 2.45) is 11.7 Å². The number of carbonyl (C=O) groups excluding carboxylic acids is 1. The summed E-state index contributed by atoms with van der Waals surface area (Å²) in [5, 5.41) is 0. The van der Waals surface area contributed by atoms with Gasteiger partial charge in [-0.2, -0.15) is 0 Å². The van der Waals surface area contributed by atoms with Crippen molar-refractivity contribution in [3.63, 3.8) is 0 Å². The fraction of sp³-hybridized carbons (Fsp3) is 0.917. The molecule has 0 atom stereocenters. The molecule has 0 aliphatic rings. The van der Waals surface area contributed by atoms with E-state index in [1.165, 1.54) is 19.3 Å². The van der Waals surface area contributed by atoms with Gasteiger partial charge in [0.15, 0.2) is 0 Å². The Hall–Kier alpha value is -0.370. The van der Waals surface area contributed by atoms with Crippen LogP contribution in [0.4, 0.5) is 0 Å². The van der Waals surface area contributed by atoms with Crippen LogP contribution >= 0.6 is 0 Å². The Balaban J connectivity index is -0.000000152. The standard InChI is InChI=1S/C5H11NO.C5H12.C2H6/c1-4(2)5(7)3-6;1-3-5-4-2;1-2/h4H,3,6H2,1-2H3;3-5H2,1-2H3;1-2H3. The van der Waals surface area contributed by atoms with Crippen molar-refractivity contribution in [1.82, 2.24) is 0 Å². The Morgan fingerprint density at radius 1 is 1.14 bits per heavy atom. The molecule has 0 saturated heterocycles. The second-order valence-corrected chi connectivity index (χ2v) is 3.18. The minimum atomic E-state index is 0.102. The quantitative estimate of drug-likeness (QED) is 0.761. The second kappa shape index (κ2) is 18.4. The molecule has 0 aromatic rings. The van der Waals surface area contributed by atoms with Crippen LogP contribution in [0, 0.1) is 5.92 Å². The molecular formula is C12H29NO. The maximum Gasteiger partial charge on any atom is 0.148 e. The van der Waals surface area contributed by atoms with Crippen molar-refractivity contribution >= 4 is 5.78 Å². The topological polar surface area (TPSA) is 43.1 Å². The first-order valence-electron chi connectivity index (χ1n) is 5.82. The number of ketones is 1. The summed E-state index contributed by atoms with van der Waals surface area (Å²) in [5.41, 5.74) is 5.02. The summed E-state index contributed by atoms with van der Waals surface area (Å²) in [4.78, 5) is 10.4. The van der Waals surface area contributed by atoms with Crippen LogP contribution in [0.1, 0.15) is 60.8 Å². The van der Waals surface area contributed by atoms with E-state index in [-0.39, 0.29) is 18.2 Å². The zero-order valence-corrected chi connectivity index (χ0v) is 10.9. The van der Waals surface area contributed by atoms with Crippen LogP contribution in [0.15, 0.2) is 0 Å². The van der Waals surface area contributed by atoms with E-state index in [1.54, 1.807) is 0 Å². The zero-order valence-electron chi connectivity index (χ0n) is 10.9. The van der Waals surface area contributed by atoms with E-state index in [0.717, 1.165) is 0 Å². The fourth-order valence-electron chi connectivity index (χ4n) is 0.589. The van der Waals surface area contributed by atoms with E-state index in [9.17, 15) is 4.79 Å². The van der Waals surface area contributed by atoms with Crippen LogP contribution in [-0.4, -0.2) is 12.3 Å². The molecule has 0 heterocycles. The summed E-state index contributed by atoms with van der Waals surface area (Å²) >= 11 is 0. The second-order valence-electron chi connectivity index (χ2n) is 3.18. The van der Waals surface area contributed by atoms with Crippen LogP contribution in [-0.2, 0) is 4.79 Å². The number of rotatable bonds is 4. The highest BCUT2D eigenvalue weighted by atomic mass is 16.1. The van der Waals surface area contributed by atoms with Crippen LogP contribution in [0.25, 0.3) is 0 Å². The highest BCUT2D eigenvalue weighted by Crippen LogP contribution is 1.89. The minimum Gasteiger partial charge on any atom is -0.324 e. The summed E-state index contributed by atoms with van der Waals surface area (Å²) in [6.07, 6.45) is 4.08. The number of nitrogens with two attached hydrogens (primary N) is 1. The lowest BCUT2D eigenvalue weighted by Crippen LogP contribution is -2.18. The first-order valence-corrected chi connectivity index (χ1v) is 5.82. The normalized spacial score (nSPS) is 8.29. The number of hydrogen-bond donors (Lipinski definition) is 1. The predicted molar refractivity (Wildman–Crippen MR) is 65.4 cm³/mol. The van der Waals surface area contributed by atoms with Gasteiger partial charge in [-0.05, 0) is 0 Å². The number of unbranched alkanes of at least 4 members (excludes halogenated alkanes) is 2. The Labute approximate surface area is 90.3 Å². The van der Waals surface area contributed by atoms with E-state index in [4.69, 9.17) is 5.73 Å². The molecular weight excluding hydrogens is 174 g/mol. The molecule has 0 aromatic carbocycles. The molecule has 14 heavy (non-hydrogen) atoms. The van der Waals surface area contributed by atoms with Crippen molar-refractivity contribution in [3.8, 4) is 0 Å². The molecule has 0 amide bonds. The molecule has 88 valence electrons. The van der Waals surface area contributed by atoms with Gasteiger partial charge in [0.1, 0.15) is 5.78 Å². The van der Waals surface area contributed by atoms with E-state index >= 15 is 0 Å². The summed E-state index contributed by atoms with van der Waals surface area (Å²) in [7, 11) is 0. The van der Waals surface area contributed by atoms with Gasteiger partial charge in [0.25, 0.3) is 0 Å². The van der Waals surface area contributed by atoms with Gasteiger partial charge >= 0.3 is 0 Å². The average molecular weight is 203 g/mol. The monoisotopic (exact) mass is 203 g/mol. The minimum absolute atomic E-state index is 0.102. The van der Waals surface area contributed by atoms with Crippen molar-refractivity contribution < 1.29 is 4.79 Å². The Kier molecular flexibility index (Phi) is 25.3. The van der Waals surface area contributed by atoms with Gasteiger partial charge in [-0.1, -0.05) is 60.8 Å². The smallest absolute Gasteiger partial charge is 0.148 e. The zero-order chi connectivity index (χ0) is 12.0. The lowest BCUT2D eigenvalue weighted by Gasteiger charge is -1.96. The molecule has 0 aromatic heterocycles. The Morgan fingerprint density at radius 2 is 1.50 bits per heavy atom. The molecule has 0 bridgehead atoms. The summed E-state index contributed by atoms with van der Waals surface area (Å²) < 4.78 is 0. The molecule has 0 unspecified atom stereocenters. The van der Waals surface area contributed by atoms with Gasteiger partial charge in [0, 0.05) is 5.92 Å². The number of Topliss-reactive ketones (excluding diaryl/α,β-unsaturated/α-hetero) is 1. The predicted octanol–water partition coefficient (Wildman–Crippen LogP) is 3.39. The molecule has 2 nitrogen and oxygen atoms in total. The average Bonchev–Trinajstić information content (AvgIpc) is 2.21. The van der Waals surface area contributed by atoms with Crippen LogP contribution < -0.4 is 5.73 Å². The van der Waals surface area contributed by atoms with Gasteiger partial charge in [-0.3, -0.25) is 4.79 Å². The maximum atomic E-state index is 10.4. The molecule has 0 saturated carbocycles. The molecule has 0 aliphatic carbocycles. The molecule has 0 aliphatic heterocycles. The third-order valence-corrected chi connectivity index (χ3v) is 1.55. The Morgan fingerprint density at radius 3 is 1.50 bits per heavy atom. The van der Waals surface area contributed by atoms with Crippen molar-refractivity contribution in [2.75, 3.05) is 6.54 Å². The largest absolute Gasteiger partial charge is 0.324 e. The molecule has 0 spiro atoms. The lowest BCUT2D eigenvalue weighted by atomic mass is 10.1. The fourth-order valence-corrected chi connectivity index (χ4v) is 0.589. The summed E-state index contributed by atoms with van der Waals surface area (Å²) in [6, 6.07) is 0. The Bertz CT molecular complexity index is 98.5. The highest BCUT2D eigenvalue weighted by molar-refractivity contribution is 5.81. The SMILES string of the molecule is CC.CC(C)C(=O)CN.CCCCC. The summed E-state index contributed by atoms with van der Waals surface area (Å²) in [6.45, 7) is 12.3. The molecule has 0 rings (SSSR count). The van der Waals surface area contributed by atoms with Crippen molar-refractivity contribution in [1.29, 1.82) is 0 Å². The van der Waals surface area contributed by atoms with Gasteiger partial charge in [0.05, 0.1) is 6.54 Å². The summed E-state index contributed by atoms with van der Waals surface area (Å²) in [5.74, 6) is 0.227. The first-order chi connectivity index (χ1) is 6.59. The van der Waals surface area contributed by atoms with E-state index in [1.807, 2.05) is 27.7 Å². The highest BCUT2D eigenvalue weighted by Gasteiger charge is 2.01. The molecule has 2 heteroatoms. The third kappa shape index (κ3) is 22.6. The van der Waals surface area contributed by atoms with E-state index < -0.39 is 0 Å². The van der Waals surface area contributed by atoms with Crippen LogP contribution in [0.2, 0.25) is 0 Å². The van der Waals surface area contributed by atoms with Gasteiger partial charge < -0.3 is 5.73 Å². The van der Waals surface area contributed by atoms with E-state index in [2.05, 4.69) is 13.8 Å². The molecule has 2 N–H and O–H groups in total. The van der Waals surface area contributed by atoms with Crippen LogP contribution in [0.5, 0.6) is 0 Å². The number of hydrogen-bond acceptors (Lipinski definition) is 2. The van der Waals surface area contributed by atoms with Crippen molar-refractivity contribution in [2.45, 2.75) is 60.8 Å². The first kappa shape index (κ1) is 19.2. The van der Waals surface area contributed by atoms with Crippen molar-refractivity contribution in [3.05, 3.63) is 0 Å². The lowest BCUT2D eigenvalue weighted by molar-refractivity contribution is -0.120.